The third-order valence-corrected chi connectivity index (χ3v) is 3.84. The first-order valence-electron chi connectivity index (χ1n) is 7.01. The van der Waals surface area contributed by atoms with Crippen molar-refractivity contribution in [3.05, 3.63) is 24.3 Å². The standard InChI is InChI=1S/C15H20N4O/c1-15(7-9-20-10-8-15)19-13-11-5-3-4-6-12(11)17-14(16-2)18-13/h3-6H,7-10H2,1-2H3,(H2,16,17,18,19). The number of hydrogen-bond donors (Lipinski definition) is 2. The molecule has 2 N–H and O–H groups in total. The van der Waals surface area contributed by atoms with Crippen molar-refractivity contribution in [1.29, 1.82) is 0 Å². The second kappa shape index (κ2) is 5.25. The average molecular weight is 272 g/mol. The molecule has 106 valence electrons. The molecule has 1 saturated heterocycles. The monoisotopic (exact) mass is 272 g/mol. The lowest BCUT2D eigenvalue weighted by atomic mass is 9.92. The normalized spacial score (nSPS) is 17.9. The molecule has 1 aliphatic heterocycles. The van der Waals surface area contributed by atoms with Crippen molar-refractivity contribution in [2.75, 3.05) is 30.9 Å². The molecule has 3 rings (SSSR count). The minimum Gasteiger partial charge on any atom is -0.381 e. The van der Waals surface area contributed by atoms with Crippen LogP contribution in [0.4, 0.5) is 11.8 Å². The van der Waals surface area contributed by atoms with Crippen molar-refractivity contribution in [2.24, 2.45) is 0 Å². The van der Waals surface area contributed by atoms with Gasteiger partial charge >= 0.3 is 0 Å². The van der Waals surface area contributed by atoms with Gasteiger partial charge in [0, 0.05) is 31.2 Å². The first-order valence-corrected chi connectivity index (χ1v) is 7.01. The van der Waals surface area contributed by atoms with Crippen LogP contribution >= 0.6 is 0 Å². The highest BCUT2D eigenvalue weighted by Crippen LogP contribution is 2.29. The highest BCUT2D eigenvalue weighted by molar-refractivity contribution is 5.90. The van der Waals surface area contributed by atoms with Gasteiger partial charge in [0.05, 0.1) is 5.52 Å². The molecule has 2 heterocycles. The Morgan fingerprint density at radius 3 is 2.65 bits per heavy atom. The first kappa shape index (κ1) is 13.1. The molecule has 1 fully saturated rings. The van der Waals surface area contributed by atoms with Crippen LogP contribution in [0, 0.1) is 0 Å². The van der Waals surface area contributed by atoms with Crippen molar-refractivity contribution in [3.8, 4) is 0 Å². The number of ether oxygens (including phenoxy) is 1. The predicted octanol–water partition coefficient (Wildman–Crippen LogP) is 2.65. The molecule has 0 spiro atoms. The second-order valence-electron chi connectivity index (χ2n) is 5.46. The van der Waals surface area contributed by atoms with Gasteiger partial charge in [-0.15, -0.1) is 0 Å². The van der Waals surface area contributed by atoms with Crippen molar-refractivity contribution < 1.29 is 4.74 Å². The largest absolute Gasteiger partial charge is 0.381 e. The number of benzene rings is 1. The van der Waals surface area contributed by atoms with Crippen molar-refractivity contribution >= 4 is 22.7 Å². The van der Waals surface area contributed by atoms with Gasteiger partial charge in [0.25, 0.3) is 0 Å². The number of rotatable bonds is 3. The Hall–Kier alpha value is -1.88. The summed E-state index contributed by atoms with van der Waals surface area (Å²) in [4.78, 5) is 9.07. The van der Waals surface area contributed by atoms with E-state index in [9.17, 15) is 0 Å². The van der Waals surface area contributed by atoms with Crippen LogP contribution in [-0.4, -0.2) is 35.8 Å². The molecule has 5 nitrogen and oxygen atoms in total. The molecule has 0 radical (unpaired) electrons. The Morgan fingerprint density at radius 1 is 1.15 bits per heavy atom. The number of anilines is 2. The summed E-state index contributed by atoms with van der Waals surface area (Å²) in [5, 5.41) is 7.68. The minimum absolute atomic E-state index is 0.0282. The van der Waals surface area contributed by atoms with Gasteiger partial charge in [-0.3, -0.25) is 0 Å². The number of nitrogens with zero attached hydrogens (tertiary/aromatic N) is 2. The Labute approximate surface area is 118 Å². The van der Waals surface area contributed by atoms with Gasteiger partial charge in [-0.1, -0.05) is 12.1 Å². The van der Waals surface area contributed by atoms with Crippen LogP contribution in [0.15, 0.2) is 24.3 Å². The molecule has 1 aromatic heterocycles. The van der Waals surface area contributed by atoms with Gasteiger partial charge in [-0.25, -0.2) is 4.98 Å². The molecular weight excluding hydrogens is 252 g/mol. The smallest absolute Gasteiger partial charge is 0.224 e. The molecule has 20 heavy (non-hydrogen) atoms. The van der Waals surface area contributed by atoms with Gasteiger partial charge < -0.3 is 15.4 Å². The number of aromatic nitrogens is 2. The lowest BCUT2D eigenvalue weighted by molar-refractivity contribution is 0.0657. The van der Waals surface area contributed by atoms with Crippen LogP contribution in [0.2, 0.25) is 0 Å². The molecule has 5 heteroatoms. The van der Waals surface area contributed by atoms with E-state index < -0.39 is 0 Å². The fraction of sp³-hybridized carbons (Fsp3) is 0.467. The second-order valence-corrected chi connectivity index (χ2v) is 5.46. The van der Waals surface area contributed by atoms with Gasteiger partial charge in [-0.05, 0) is 31.9 Å². The van der Waals surface area contributed by atoms with E-state index in [1.807, 2.05) is 25.2 Å². The maximum atomic E-state index is 5.45. The lowest BCUT2D eigenvalue weighted by Gasteiger charge is -2.35. The van der Waals surface area contributed by atoms with Gasteiger partial charge in [0.2, 0.25) is 5.95 Å². The minimum atomic E-state index is 0.0282. The molecule has 0 atom stereocenters. The highest BCUT2D eigenvalue weighted by atomic mass is 16.5. The van der Waals surface area contributed by atoms with Crippen LogP contribution < -0.4 is 10.6 Å². The van der Waals surface area contributed by atoms with E-state index in [4.69, 9.17) is 4.74 Å². The van der Waals surface area contributed by atoms with Crippen LogP contribution in [-0.2, 0) is 4.74 Å². The van der Waals surface area contributed by atoms with Crippen molar-refractivity contribution in [1.82, 2.24) is 9.97 Å². The zero-order chi connectivity index (χ0) is 14.0. The molecule has 0 saturated carbocycles. The predicted molar refractivity (Wildman–Crippen MR) is 81.2 cm³/mol. The molecule has 2 aromatic rings. The Kier molecular flexibility index (Phi) is 3.44. The van der Waals surface area contributed by atoms with Crippen molar-refractivity contribution in [2.45, 2.75) is 25.3 Å². The number of nitrogens with one attached hydrogen (secondary N) is 2. The van der Waals surface area contributed by atoms with Crippen LogP contribution in [0.3, 0.4) is 0 Å². The summed E-state index contributed by atoms with van der Waals surface area (Å²) < 4.78 is 5.45. The molecule has 1 aromatic carbocycles. The Balaban J connectivity index is 2.01. The summed E-state index contributed by atoms with van der Waals surface area (Å²) in [6.07, 6.45) is 1.97. The van der Waals surface area contributed by atoms with E-state index in [1.165, 1.54) is 0 Å². The van der Waals surface area contributed by atoms with Gasteiger partial charge in [0.15, 0.2) is 0 Å². The Bertz CT molecular complexity index is 608. The summed E-state index contributed by atoms with van der Waals surface area (Å²) in [5.41, 5.74) is 0.977. The Morgan fingerprint density at radius 2 is 1.90 bits per heavy atom. The third-order valence-electron chi connectivity index (χ3n) is 3.84. The summed E-state index contributed by atoms with van der Waals surface area (Å²) in [5.74, 6) is 1.53. The van der Waals surface area contributed by atoms with E-state index in [2.05, 4.69) is 33.6 Å². The number of fused-ring (bicyclic) bond motifs is 1. The van der Waals surface area contributed by atoms with Crippen LogP contribution in [0.1, 0.15) is 19.8 Å². The number of para-hydroxylation sites is 1. The SMILES string of the molecule is CNc1nc(NC2(C)CCOCC2)c2ccccc2n1. The summed E-state index contributed by atoms with van der Waals surface area (Å²) in [6, 6.07) is 8.08. The molecule has 0 unspecified atom stereocenters. The average Bonchev–Trinajstić information content (AvgIpc) is 2.47. The molecular formula is C15H20N4O. The summed E-state index contributed by atoms with van der Waals surface area (Å²) in [7, 11) is 1.84. The molecule has 1 aliphatic rings. The highest BCUT2D eigenvalue weighted by Gasteiger charge is 2.28. The van der Waals surface area contributed by atoms with E-state index in [0.29, 0.717) is 5.95 Å². The van der Waals surface area contributed by atoms with E-state index in [0.717, 1.165) is 42.8 Å². The lowest BCUT2D eigenvalue weighted by Crippen LogP contribution is -2.41. The number of hydrogen-bond acceptors (Lipinski definition) is 5. The fourth-order valence-electron chi connectivity index (χ4n) is 2.52. The van der Waals surface area contributed by atoms with Crippen LogP contribution in [0.5, 0.6) is 0 Å². The zero-order valence-corrected chi connectivity index (χ0v) is 11.9. The van der Waals surface area contributed by atoms with E-state index in [1.54, 1.807) is 0 Å². The first-order chi connectivity index (χ1) is 9.70. The maximum Gasteiger partial charge on any atom is 0.224 e. The molecule has 0 aliphatic carbocycles. The molecule has 0 bridgehead atoms. The van der Waals surface area contributed by atoms with E-state index >= 15 is 0 Å². The summed E-state index contributed by atoms with van der Waals surface area (Å²) in [6.45, 7) is 3.82. The fourth-order valence-corrected chi connectivity index (χ4v) is 2.52. The third kappa shape index (κ3) is 2.54. The quantitative estimate of drug-likeness (QED) is 0.899. The van der Waals surface area contributed by atoms with Crippen molar-refractivity contribution in [3.63, 3.8) is 0 Å². The van der Waals surface area contributed by atoms with Gasteiger partial charge in [-0.2, -0.15) is 4.98 Å². The van der Waals surface area contributed by atoms with Crippen LogP contribution in [0.25, 0.3) is 10.9 Å². The van der Waals surface area contributed by atoms with E-state index in [-0.39, 0.29) is 5.54 Å². The van der Waals surface area contributed by atoms with Gasteiger partial charge in [0.1, 0.15) is 5.82 Å². The summed E-state index contributed by atoms with van der Waals surface area (Å²) >= 11 is 0. The zero-order valence-electron chi connectivity index (χ0n) is 11.9. The topological polar surface area (TPSA) is 59.1 Å². The maximum absolute atomic E-state index is 5.45. The molecule has 0 amide bonds.